The van der Waals surface area contributed by atoms with Crippen LogP contribution < -0.4 is 10.6 Å². The Morgan fingerprint density at radius 3 is 2.65 bits per heavy atom. The van der Waals surface area contributed by atoms with Crippen LogP contribution in [0.15, 0.2) is 18.2 Å². The first-order chi connectivity index (χ1) is 9.62. The zero-order valence-electron chi connectivity index (χ0n) is 13.0. The Balaban J connectivity index is 2.71. The van der Waals surface area contributed by atoms with E-state index in [0.29, 0.717) is 0 Å². The van der Waals surface area contributed by atoms with Gasteiger partial charge in [0, 0.05) is 29.6 Å². The Kier molecular flexibility index (Phi) is 7.52. The Morgan fingerprint density at radius 2 is 2.10 bits per heavy atom. The van der Waals surface area contributed by atoms with Crippen molar-refractivity contribution in [2.24, 2.45) is 0 Å². The molecule has 0 spiro atoms. The minimum atomic E-state index is 0.0241. The van der Waals surface area contributed by atoms with E-state index < -0.39 is 0 Å². The molecule has 1 unspecified atom stereocenters. The van der Waals surface area contributed by atoms with Crippen molar-refractivity contribution in [3.8, 4) is 0 Å². The van der Waals surface area contributed by atoms with Gasteiger partial charge in [0.2, 0.25) is 0 Å². The molecule has 112 valence electrons. The van der Waals surface area contributed by atoms with Crippen LogP contribution in [0.3, 0.4) is 0 Å². The number of nitrogens with one attached hydrogen (secondary N) is 2. The van der Waals surface area contributed by atoms with E-state index in [-0.39, 0.29) is 11.9 Å². The Morgan fingerprint density at radius 1 is 1.35 bits per heavy atom. The molecule has 0 saturated carbocycles. The Bertz CT molecular complexity index is 434. The third kappa shape index (κ3) is 5.08. The van der Waals surface area contributed by atoms with Crippen molar-refractivity contribution in [1.82, 2.24) is 5.32 Å². The number of benzene rings is 1. The molecule has 1 aromatic rings. The molecule has 0 aliphatic rings. The molecular formula is C16H26N2OS. The molecule has 0 radical (unpaired) electrons. The number of carbonyl (C=O) groups is 1. The van der Waals surface area contributed by atoms with Gasteiger partial charge in [0.1, 0.15) is 0 Å². The number of hydrogen-bond acceptors (Lipinski definition) is 3. The summed E-state index contributed by atoms with van der Waals surface area (Å²) in [6.45, 7) is 7.23. The van der Waals surface area contributed by atoms with Gasteiger partial charge in [-0.3, -0.25) is 4.79 Å². The quantitative estimate of drug-likeness (QED) is 0.768. The van der Waals surface area contributed by atoms with Gasteiger partial charge in [-0.05, 0) is 49.8 Å². The third-order valence-corrected chi connectivity index (χ3v) is 3.99. The van der Waals surface area contributed by atoms with Crippen molar-refractivity contribution in [2.75, 3.05) is 23.9 Å². The highest BCUT2D eigenvalue weighted by Crippen LogP contribution is 2.17. The van der Waals surface area contributed by atoms with Crippen molar-refractivity contribution >= 4 is 23.4 Å². The average molecular weight is 294 g/mol. The molecule has 1 atom stereocenters. The van der Waals surface area contributed by atoms with Crippen LogP contribution in [0.5, 0.6) is 0 Å². The number of aryl methyl sites for hydroxylation is 1. The second-order valence-corrected chi connectivity index (χ2v) is 5.90. The van der Waals surface area contributed by atoms with Crippen molar-refractivity contribution in [3.63, 3.8) is 0 Å². The number of carbonyl (C=O) groups excluding carboxylic acids is 1. The number of amides is 1. The van der Waals surface area contributed by atoms with Crippen LogP contribution in [0, 0.1) is 6.92 Å². The maximum atomic E-state index is 12.2. The van der Waals surface area contributed by atoms with Crippen LogP contribution in [0.25, 0.3) is 0 Å². The molecule has 4 heteroatoms. The molecule has 1 amide bonds. The third-order valence-electron chi connectivity index (χ3n) is 3.25. The lowest BCUT2D eigenvalue weighted by Crippen LogP contribution is -2.36. The fourth-order valence-electron chi connectivity index (χ4n) is 1.99. The molecule has 1 aromatic carbocycles. The molecule has 0 bridgehead atoms. The van der Waals surface area contributed by atoms with Crippen LogP contribution in [0.2, 0.25) is 0 Å². The number of thioether (sulfide) groups is 1. The summed E-state index contributed by atoms with van der Waals surface area (Å²) < 4.78 is 0. The van der Waals surface area contributed by atoms with Crippen molar-refractivity contribution in [2.45, 2.75) is 39.7 Å². The normalized spacial score (nSPS) is 12.0. The van der Waals surface area contributed by atoms with Gasteiger partial charge in [0.25, 0.3) is 5.91 Å². The highest BCUT2D eigenvalue weighted by molar-refractivity contribution is 7.98. The predicted octanol–water partition coefficient (Wildman–Crippen LogP) is 3.69. The molecule has 20 heavy (non-hydrogen) atoms. The van der Waals surface area contributed by atoms with E-state index >= 15 is 0 Å². The number of rotatable bonds is 8. The number of anilines is 1. The molecule has 0 fully saturated rings. The fourth-order valence-corrected chi connectivity index (χ4v) is 2.72. The van der Waals surface area contributed by atoms with Gasteiger partial charge in [0.15, 0.2) is 0 Å². The predicted molar refractivity (Wildman–Crippen MR) is 89.9 cm³/mol. The monoisotopic (exact) mass is 294 g/mol. The number of hydrogen-bond donors (Lipinski definition) is 2. The summed E-state index contributed by atoms with van der Waals surface area (Å²) in [5.41, 5.74) is 2.97. The van der Waals surface area contributed by atoms with E-state index in [0.717, 1.165) is 42.0 Å². The van der Waals surface area contributed by atoms with E-state index in [2.05, 4.69) is 30.7 Å². The SMILES string of the molecule is CCCNc1ccc(C(=O)NC(CC)CSC)cc1C. The molecule has 0 aromatic heterocycles. The lowest BCUT2D eigenvalue weighted by atomic mass is 10.1. The lowest BCUT2D eigenvalue weighted by molar-refractivity contribution is 0.0940. The standard InChI is InChI=1S/C16H26N2OS/c1-5-9-17-15-8-7-13(10-12(15)3)16(19)18-14(6-2)11-20-4/h7-8,10,14,17H,5-6,9,11H2,1-4H3,(H,18,19). The summed E-state index contributed by atoms with van der Waals surface area (Å²) >= 11 is 1.76. The van der Waals surface area contributed by atoms with Gasteiger partial charge in [-0.15, -0.1) is 0 Å². The smallest absolute Gasteiger partial charge is 0.251 e. The zero-order valence-corrected chi connectivity index (χ0v) is 13.8. The molecule has 1 rings (SSSR count). The molecule has 0 aliphatic heterocycles. The van der Waals surface area contributed by atoms with Crippen LogP contribution in [-0.2, 0) is 0 Å². The maximum absolute atomic E-state index is 12.2. The minimum Gasteiger partial charge on any atom is -0.385 e. The van der Waals surface area contributed by atoms with E-state index in [1.807, 2.05) is 25.1 Å². The molecule has 0 heterocycles. The van der Waals surface area contributed by atoms with E-state index in [1.165, 1.54) is 0 Å². The first-order valence-electron chi connectivity index (χ1n) is 7.26. The zero-order chi connectivity index (χ0) is 15.0. The van der Waals surface area contributed by atoms with E-state index in [4.69, 9.17) is 0 Å². The Labute approximate surface area is 126 Å². The second-order valence-electron chi connectivity index (χ2n) is 4.99. The van der Waals surface area contributed by atoms with Crippen LogP contribution in [-0.4, -0.2) is 30.5 Å². The minimum absolute atomic E-state index is 0.0241. The van der Waals surface area contributed by atoms with Crippen LogP contribution in [0.4, 0.5) is 5.69 Å². The van der Waals surface area contributed by atoms with Crippen molar-refractivity contribution < 1.29 is 4.79 Å². The highest BCUT2D eigenvalue weighted by atomic mass is 32.2. The van der Waals surface area contributed by atoms with Gasteiger partial charge in [-0.25, -0.2) is 0 Å². The second kappa shape index (κ2) is 8.90. The van der Waals surface area contributed by atoms with E-state index in [1.54, 1.807) is 11.8 Å². The average Bonchev–Trinajstić information content (AvgIpc) is 2.45. The van der Waals surface area contributed by atoms with Crippen LogP contribution >= 0.6 is 11.8 Å². The molecule has 0 aliphatic carbocycles. The van der Waals surface area contributed by atoms with Crippen LogP contribution in [0.1, 0.15) is 42.6 Å². The summed E-state index contributed by atoms with van der Waals surface area (Å²) in [6, 6.07) is 6.09. The lowest BCUT2D eigenvalue weighted by Gasteiger charge is -2.16. The summed E-state index contributed by atoms with van der Waals surface area (Å²) in [4.78, 5) is 12.2. The van der Waals surface area contributed by atoms with Crippen molar-refractivity contribution in [3.05, 3.63) is 29.3 Å². The van der Waals surface area contributed by atoms with Gasteiger partial charge in [-0.2, -0.15) is 11.8 Å². The van der Waals surface area contributed by atoms with Gasteiger partial charge in [-0.1, -0.05) is 13.8 Å². The van der Waals surface area contributed by atoms with Gasteiger partial charge < -0.3 is 10.6 Å². The van der Waals surface area contributed by atoms with Gasteiger partial charge in [0.05, 0.1) is 0 Å². The van der Waals surface area contributed by atoms with Crippen molar-refractivity contribution in [1.29, 1.82) is 0 Å². The largest absolute Gasteiger partial charge is 0.385 e. The summed E-state index contributed by atoms with van der Waals surface area (Å²) in [7, 11) is 0. The molecule has 2 N–H and O–H groups in total. The highest BCUT2D eigenvalue weighted by Gasteiger charge is 2.12. The first-order valence-corrected chi connectivity index (χ1v) is 8.66. The first kappa shape index (κ1) is 16.9. The maximum Gasteiger partial charge on any atom is 0.251 e. The topological polar surface area (TPSA) is 41.1 Å². The Hall–Kier alpha value is -1.16. The fraction of sp³-hybridized carbons (Fsp3) is 0.562. The molecule has 3 nitrogen and oxygen atoms in total. The van der Waals surface area contributed by atoms with E-state index in [9.17, 15) is 4.79 Å². The van der Waals surface area contributed by atoms with Gasteiger partial charge >= 0.3 is 0 Å². The summed E-state index contributed by atoms with van der Waals surface area (Å²) in [6.07, 6.45) is 4.11. The molecule has 0 saturated heterocycles. The molecular weight excluding hydrogens is 268 g/mol. The summed E-state index contributed by atoms with van der Waals surface area (Å²) in [5.74, 6) is 0.980. The summed E-state index contributed by atoms with van der Waals surface area (Å²) in [5, 5.41) is 6.46.